The maximum absolute atomic E-state index is 13.1. The lowest BCUT2D eigenvalue weighted by Gasteiger charge is -2.23. The summed E-state index contributed by atoms with van der Waals surface area (Å²) in [5, 5.41) is 1.31. The lowest BCUT2D eigenvalue weighted by Crippen LogP contribution is -2.06. The van der Waals surface area contributed by atoms with Gasteiger partial charge in [0.2, 0.25) is 0 Å². The maximum atomic E-state index is 13.1. The van der Waals surface area contributed by atoms with Crippen LogP contribution >= 0.6 is 19.2 Å². The fourth-order valence-corrected chi connectivity index (χ4v) is 4.50. The second-order valence-corrected chi connectivity index (χ2v) is 7.65. The maximum Gasteiger partial charge on any atom is 0.358 e. The number of hydrogen-bond donors (Lipinski definition) is 0. The summed E-state index contributed by atoms with van der Waals surface area (Å²) in [6.07, 6.45) is 0. The van der Waals surface area contributed by atoms with Gasteiger partial charge in [-0.2, -0.15) is 0 Å². The van der Waals surface area contributed by atoms with Gasteiger partial charge in [-0.05, 0) is 58.9 Å². The third-order valence-electron chi connectivity index (χ3n) is 3.09. The smallest absolute Gasteiger partial charge is 0.306 e. The number of halogens is 1. The Kier molecular flexibility index (Phi) is 8.09. The van der Waals surface area contributed by atoms with E-state index in [2.05, 4.69) is 11.8 Å². The van der Waals surface area contributed by atoms with E-state index in [1.807, 2.05) is 32.9 Å². The predicted octanol–water partition coefficient (Wildman–Crippen LogP) is 5.89. The molecule has 0 aromatic heterocycles. The van der Waals surface area contributed by atoms with Crippen LogP contribution in [0.1, 0.15) is 40.2 Å². The number of allylic oxidation sites excluding steroid dienone is 2. The zero-order valence-electron chi connectivity index (χ0n) is 14.4. The van der Waals surface area contributed by atoms with E-state index >= 15 is 0 Å². The van der Waals surface area contributed by atoms with E-state index in [-0.39, 0.29) is 5.92 Å². The van der Waals surface area contributed by atoms with Crippen molar-refractivity contribution in [3.63, 3.8) is 0 Å². The van der Waals surface area contributed by atoms with Gasteiger partial charge in [0, 0.05) is 10.6 Å². The number of benzene rings is 1. The van der Waals surface area contributed by atoms with Crippen molar-refractivity contribution >= 4 is 19.2 Å². The molecule has 1 atom stereocenters. The Labute approximate surface area is 144 Å². The van der Waals surface area contributed by atoms with Crippen molar-refractivity contribution in [3.8, 4) is 11.8 Å². The Balaban J connectivity index is 3.14. The van der Waals surface area contributed by atoms with Gasteiger partial charge in [-0.3, -0.25) is 4.57 Å². The summed E-state index contributed by atoms with van der Waals surface area (Å²) in [5.41, 5.74) is 1.77. The molecule has 5 heteroatoms. The molecule has 0 radical (unpaired) electrons. The van der Waals surface area contributed by atoms with Gasteiger partial charge in [0.15, 0.2) is 0 Å². The predicted molar refractivity (Wildman–Crippen MR) is 96.7 cm³/mol. The summed E-state index contributed by atoms with van der Waals surface area (Å²) in [7, 11) is -3.31. The number of rotatable bonds is 6. The Morgan fingerprint density at radius 1 is 1.17 bits per heavy atom. The minimum Gasteiger partial charge on any atom is -0.306 e. The molecule has 0 aliphatic rings. The standard InChI is InChI=1S/C18H24ClO3P/c1-6-21-23(20,22-7-2)18(14(3)4)15(5)8-9-16-10-12-17(19)13-11-16/h10-13,15H,6-7H2,1-5H3. The second kappa shape index (κ2) is 9.30. The first kappa shape index (κ1) is 20.0. The van der Waals surface area contributed by atoms with Crippen LogP contribution in [0.25, 0.3) is 0 Å². The average Bonchev–Trinajstić information content (AvgIpc) is 2.46. The van der Waals surface area contributed by atoms with Gasteiger partial charge in [-0.15, -0.1) is 0 Å². The molecule has 1 aromatic rings. The SMILES string of the molecule is CCOP(=O)(OCC)C(=C(C)C)C(C)C#Cc1ccc(Cl)cc1. The van der Waals surface area contributed by atoms with Gasteiger partial charge in [0.05, 0.1) is 24.4 Å². The Hall–Kier alpha value is -1.04. The van der Waals surface area contributed by atoms with Crippen LogP contribution in [0.3, 0.4) is 0 Å². The van der Waals surface area contributed by atoms with Crippen LogP contribution in [0, 0.1) is 17.8 Å². The van der Waals surface area contributed by atoms with Crippen LogP contribution in [0.2, 0.25) is 5.02 Å². The molecule has 0 spiro atoms. The molecule has 1 unspecified atom stereocenters. The summed E-state index contributed by atoms with van der Waals surface area (Å²) in [6, 6.07) is 7.30. The molecular formula is C18H24ClO3P. The first-order valence-corrected chi connectivity index (χ1v) is 9.60. The molecule has 0 saturated heterocycles. The summed E-state index contributed by atoms with van der Waals surface area (Å²) in [6.45, 7) is 9.98. The minimum atomic E-state index is -3.31. The monoisotopic (exact) mass is 354 g/mol. The zero-order chi connectivity index (χ0) is 17.5. The van der Waals surface area contributed by atoms with Crippen molar-refractivity contribution in [1.29, 1.82) is 0 Å². The molecule has 126 valence electrons. The van der Waals surface area contributed by atoms with Crippen LogP contribution < -0.4 is 0 Å². The molecule has 0 aliphatic heterocycles. The fraction of sp³-hybridized carbons (Fsp3) is 0.444. The molecule has 0 bridgehead atoms. The fourth-order valence-electron chi connectivity index (χ4n) is 2.25. The molecule has 1 aromatic carbocycles. The summed E-state index contributed by atoms with van der Waals surface area (Å²) in [5.74, 6) is 5.99. The van der Waals surface area contributed by atoms with Gasteiger partial charge in [-0.25, -0.2) is 0 Å². The van der Waals surface area contributed by atoms with Crippen molar-refractivity contribution in [2.75, 3.05) is 13.2 Å². The molecule has 1 rings (SSSR count). The quantitative estimate of drug-likeness (QED) is 0.472. The van der Waals surface area contributed by atoms with Crippen molar-refractivity contribution in [3.05, 3.63) is 45.7 Å². The Morgan fingerprint density at radius 2 is 1.70 bits per heavy atom. The highest BCUT2D eigenvalue weighted by Crippen LogP contribution is 2.59. The lowest BCUT2D eigenvalue weighted by molar-refractivity contribution is 0.224. The van der Waals surface area contributed by atoms with Crippen LogP contribution in [0.15, 0.2) is 35.2 Å². The molecule has 0 fully saturated rings. The minimum absolute atomic E-state index is 0.236. The van der Waals surface area contributed by atoms with Gasteiger partial charge in [0.1, 0.15) is 0 Å². The van der Waals surface area contributed by atoms with Gasteiger partial charge in [0.25, 0.3) is 0 Å². The van der Waals surface area contributed by atoms with Crippen LogP contribution in [0.4, 0.5) is 0 Å². The van der Waals surface area contributed by atoms with Crippen molar-refractivity contribution in [2.45, 2.75) is 34.6 Å². The van der Waals surface area contributed by atoms with E-state index < -0.39 is 7.60 Å². The van der Waals surface area contributed by atoms with E-state index in [1.54, 1.807) is 26.0 Å². The molecule has 3 nitrogen and oxygen atoms in total. The first-order chi connectivity index (χ1) is 10.8. The molecule has 23 heavy (non-hydrogen) atoms. The van der Waals surface area contributed by atoms with Gasteiger partial charge in [-0.1, -0.05) is 29.0 Å². The Morgan fingerprint density at radius 3 is 2.13 bits per heavy atom. The lowest BCUT2D eigenvalue weighted by atomic mass is 10.1. The highest BCUT2D eigenvalue weighted by molar-refractivity contribution is 7.58. The largest absolute Gasteiger partial charge is 0.358 e. The van der Waals surface area contributed by atoms with Crippen molar-refractivity contribution < 1.29 is 13.6 Å². The molecule has 0 heterocycles. The van der Waals surface area contributed by atoms with Gasteiger partial charge < -0.3 is 9.05 Å². The summed E-state index contributed by atoms with van der Waals surface area (Å²) >= 11 is 5.87. The van der Waals surface area contributed by atoms with Crippen LogP contribution in [-0.2, 0) is 13.6 Å². The normalized spacial score (nSPS) is 12.3. The average molecular weight is 355 g/mol. The van der Waals surface area contributed by atoms with Crippen LogP contribution in [-0.4, -0.2) is 13.2 Å². The summed E-state index contributed by atoms with van der Waals surface area (Å²) in [4.78, 5) is 0. The summed E-state index contributed by atoms with van der Waals surface area (Å²) < 4.78 is 24.0. The van der Waals surface area contributed by atoms with Crippen LogP contribution in [0.5, 0.6) is 0 Å². The zero-order valence-corrected chi connectivity index (χ0v) is 16.0. The third kappa shape index (κ3) is 5.83. The number of hydrogen-bond acceptors (Lipinski definition) is 3. The highest BCUT2D eigenvalue weighted by atomic mass is 35.5. The molecule has 0 amide bonds. The Bertz CT molecular complexity index is 639. The third-order valence-corrected chi connectivity index (χ3v) is 5.97. The van der Waals surface area contributed by atoms with E-state index in [0.29, 0.717) is 23.6 Å². The molecule has 0 N–H and O–H groups in total. The highest BCUT2D eigenvalue weighted by Gasteiger charge is 2.33. The van der Waals surface area contributed by atoms with E-state index in [4.69, 9.17) is 20.6 Å². The van der Waals surface area contributed by atoms with E-state index in [1.165, 1.54) is 0 Å². The van der Waals surface area contributed by atoms with Crippen molar-refractivity contribution in [2.24, 2.45) is 5.92 Å². The first-order valence-electron chi connectivity index (χ1n) is 7.68. The topological polar surface area (TPSA) is 35.5 Å². The molecule has 0 aliphatic carbocycles. The second-order valence-electron chi connectivity index (χ2n) is 5.22. The molecular weight excluding hydrogens is 331 g/mol. The van der Waals surface area contributed by atoms with Crippen molar-refractivity contribution in [1.82, 2.24) is 0 Å². The van der Waals surface area contributed by atoms with Gasteiger partial charge >= 0.3 is 7.60 Å². The van der Waals surface area contributed by atoms with E-state index in [0.717, 1.165) is 11.1 Å². The van der Waals surface area contributed by atoms with E-state index in [9.17, 15) is 4.57 Å². The molecule has 0 saturated carbocycles.